The standard InChI is InChI=1S/C11H14N2O5/c1-8(6-14)12-11(15)7-18-10-4-2-9(3-5-10)13(16)17/h2-5,8,14H,6-7H2,1H3,(H,12,15). The first-order valence-electron chi connectivity index (χ1n) is 5.30. The van der Waals surface area contributed by atoms with Crippen molar-refractivity contribution in [2.75, 3.05) is 13.2 Å². The minimum atomic E-state index is -0.514. The van der Waals surface area contributed by atoms with Crippen molar-refractivity contribution >= 4 is 11.6 Å². The second-order valence-electron chi connectivity index (χ2n) is 3.69. The molecular weight excluding hydrogens is 240 g/mol. The van der Waals surface area contributed by atoms with Crippen LogP contribution in [0.15, 0.2) is 24.3 Å². The number of aliphatic hydroxyl groups excluding tert-OH is 1. The number of rotatable bonds is 6. The molecule has 2 N–H and O–H groups in total. The van der Waals surface area contributed by atoms with Gasteiger partial charge in [-0.15, -0.1) is 0 Å². The molecule has 0 aliphatic rings. The van der Waals surface area contributed by atoms with Crippen molar-refractivity contribution in [1.29, 1.82) is 0 Å². The van der Waals surface area contributed by atoms with Crippen LogP contribution in [0.3, 0.4) is 0 Å². The van der Waals surface area contributed by atoms with Crippen LogP contribution in [0.1, 0.15) is 6.92 Å². The summed E-state index contributed by atoms with van der Waals surface area (Å²) in [4.78, 5) is 21.2. The van der Waals surface area contributed by atoms with E-state index in [1.54, 1.807) is 6.92 Å². The highest BCUT2D eigenvalue weighted by atomic mass is 16.6. The van der Waals surface area contributed by atoms with Gasteiger partial charge in [0, 0.05) is 18.2 Å². The Kier molecular flexibility index (Phi) is 5.06. The number of hydrogen-bond donors (Lipinski definition) is 2. The van der Waals surface area contributed by atoms with Gasteiger partial charge in [0.2, 0.25) is 0 Å². The minimum absolute atomic E-state index is 0.0410. The Balaban J connectivity index is 2.44. The van der Waals surface area contributed by atoms with Crippen LogP contribution in [0, 0.1) is 10.1 Å². The minimum Gasteiger partial charge on any atom is -0.484 e. The van der Waals surface area contributed by atoms with Gasteiger partial charge in [-0.25, -0.2) is 0 Å². The maximum Gasteiger partial charge on any atom is 0.269 e. The molecule has 0 aromatic heterocycles. The zero-order valence-corrected chi connectivity index (χ0v) is 9.83. The van der Waals surface area contributed by atoms with E-state index < -0.39 is 4.92 Å². The summed E-state index contributed by atoms with van der Waals surface area (Å²) in [6.45, 7) is 1.30. The van der Waals surface area contributed by atoms with E-state index >= 15 is 0 Å². The molecule has 7 heteroatoms. The van der Waals surface area contributed by atoms with Crippen molar-refractivity contribution in [2.45, 2.75) is 13.0 Å². The second kappa shape index (κ2) is 6.55. The molecule has 98 valence electrons. The molecule has 1 amide bonds. The van der Waals surface area contributed by atoms with E-state index in [9.17, 15) is 14.9 Å². The van der Waals surface area contributed by atoms with Crippen molar-refractivity contribution in [3.05, 3.63) is 34.4 Å². The molecule has 7 nitrogen and oxygen atoms in total. The highest BCUT2D eigenvalue weighted by Gasteiger charge is 2.08. The van der Waals surface area contributed by atoms with E-state index in [0.717, 1.165) is 0 Å². The van der Waals surface area contributed by atoms with Crippen molar-refractivity contribution < 1.29 is 19.6 Å². The fourth-order valence-electron chi connectivity index (χ4n) is 1.18. The summed E-state index contributed by atoms with van der Waals surface area (Å²) in [7, 11) is 0. The maximum atomic E-state index is 11.3. The molecule has 1 rings (SSSR count). The van der Waals surface area contributed by atoms with E-state index in [4.69, 9.17) is 9.84 Å². The van der Waals surface area contributed by atoms with Crippen LogP contribution in [0.5, 0.6) is 5.75 Å². The van der Waals surface area contributed by atoms with Crippen LogP contribution in [-0.2, 0) is 4.79 Å². The summed E-state index contributed by atoms with van der Waals surface area (Å²) in [5.74, 6) is 0.00213. The van der Waals surface area contributed by atoms with Gasteiger partial charge in [0.15, 0.2) is 6.61 Å². The maximum absolute atomic E-state index is 11.3. The molecule has 1 aromatic carbocycles. The SMILES string of the molecule is CC(CO)NC(=O)COc1ccc([N+](=O)[O-])cc1. The van der Waals surface area contributed by atoms with Gasteiger partial charge in [-0.1, -0.05) is 0 Å². The number of nitro groups is 1. The molecule has 1 atom stereocenters. The summed E-state index contributed by atoms with van der Waals surface area (Å²) in [5.41, 5.74) is -0.0410. The Hall–Kier alpha value is -2.15. The normalized spacial score (nSPS) is 11.7. The Morgan fingerprint density at radius 2 is 2.11 bits per heavy atom. The van der Waals surface area contributed by atoms with Crippen LogP contribution >= 0.6 is 0 Å². The molecule has 0 bridgehead atoms. The molecule has 0 radical (unpaired) electrons. The van der Waals surface area contributed by atoms with Crippen molar-refractivity contribution in [3.8, 4) is 5.75 Å². The fraction of sp³-hybridized carbons (Fsp3) is 0.364. The van der Waals surface area contributed by atoms with E-state index in [1.165, 1.54) is 24.3 Å². The largest absolute Gasteiger partial charge is 0.484 e. The van der Waals surface area contributed by atoms with Gasteiger partial charge in [0.25, 0.3) is 11.6 Å². The Labute approximate surface area is 104 Å². The summed E-state index contributed by atoms with van der Waals surface area (Å²) in [6, 6.07) is 5.09. The lowest BCUT2D eigenvalue weighted by atomic mass is 10.3. The molecule has 1 aromatic rings. The Morgan fingerprint density at radius 3 is 2.61 bits per heavy atom. The number of ether oxygens (including phenoxy) is 1. The van der Waals surface area contributed by atoms with Gasteiger partial charge in [0.1, 0.15) is 5.75 Å². The molecule has 0 aliphatic carbocycles. The highest BCUT2D eigenvalue weighted by Crippen LogP contribution is 2.16. The van der Waals surface area contributed by atoms with Gasteiger partial charge < -0.3 is 15.2 Å². The zero-order chi connectivity index (χ0) is 13.5. The van der Waals surface area contributed by atoms with Crippen molar-refractivity contribution in [1.82, 2.24) is 5.32 Å². The average molecular weight is 254 g/mol. The molecule has 0 saturated heterocycles. The van der Waals surface area contributed by atoms with Crippen LogP contribution in [0.4, 0.5) is 5.69 Å². The number of carbonyl (C=O) groups is 1. The molecule has 0 heterocycles. The number of nitrogens with zero attached hydrogens (tertiary/aromatic N) is 1. The average Bonchev–Trinajstić information content (AvgIpc) is 2.36. The van der Waals surface area contributed by atoms with Gasteiger partial charge in [-0.2, -0.15) is 0 Å². The molecule has 18 heavy (non-hydrogen) atoms. The van der Waals surface area contributed by atoms with Crippen LogP contribution in [0.25, 0.3) is 0 Å². The lowest BCUT2D eigenvalue weighted by Gasteiger charge is -2.11. The van der Waals surface area contributed by atoms with Gasteiger partial charge in [-0.05, 0) is 19.1 Å². The predicted octanol–water partition coefficient (Wildman–Crippen LogP) is 0.471. The molecular formula is C11H14N2O5. The zero-order valence-electron chi connectivity index (χ0n) is 9.83. The lowest BCUT2D eigenvalue weighted by molar-refractivity contribution is -0.384. The molecule has 1 unspecified atom stereocenters. The summed E-state index contributed by atoms with van der Waals surface area (Å²) >= 11 is 0. The lowest BCUT2D eigenvalue weighted by Crippen LogP contribution is -2.38. The number of amides is 1. The molecule has 0 saturated carbocycles. The Bertz CT molecular complexity index is 418. The first kappa shape index (κ1) is 13.9. The summed E-state index contributed by atoms with van der Waals surface area (Å²) < 4.78 is 5.13. The molecule has 0 spiro atoms. The van der Waals surface area contributed by atoms with E-state index in [-0.39, 0.29) is 30.9 Å². The fourth-order valence-corrected chi connectivity index (χ4v) is 1.18. The summed E-state index contributed by atoms with van der Waals surface area (Å²) in [6.07, 6.45) is 0. The smallest absolute Gasteiger partial charge is 0.269 e. The third-order valence-corrected chi connectivity index (χ3v) is 2.10. The molecule has 0 fully saturated rings. The van der Waals surface area contributed by atoms with E-state index in [2.05, 4.69) is 5.32 Å². The number of nitro benzene ring substituents is 1. The third kappa shape index (κ3) is 4.38. The highest BCUT2D eigenvalue weighted by molar-refractivity contribution is 5.77. The number of nitrogens with one attached hydrogen (secondary N) is 1. The van der Waals surface area contributed by atoms with Crippen molar-refractivity contribution in [3.63, 3.8) is 0 Å². The van der Waals surface area contributed by atoms with E-state index in [0.29, 0.717) is 5.75 Å². The predicted molar refractivity (Wildman–Crippen MR) is 63.3 cm³/mol. The topological polar surface area (TPSA) is 102 Å². The monoisotopic (exact) mass is 254 g/mol. The second-order valence-corrected chi connectivity index (χ2v) is 3.69. The Morgan fingerprint density at radius 1 is 1.50 bits per heavy atom. The van der Waals surface area contributed by atoms with Crippen LogP contribution in [0.2, 0.25) is 0 Å². The van der Waals surface area contributed by atoms with Gasteiger partial charge in [-0.3, -0.25) is 14.9 Å². The van der Waals surface area contributed by atoms with Crippen LogP contribution in [-0.4, -0.2) is 35.2 Å². The van der Waals surface area contributed by atoms with Gasteiger partial charge in [0.05, 0.1) is 11.5 Å². The first-order valence-corrected chi connectivity index (χ1v) is 5.30. The number of benzene rings is 1. The van der Waals surface area contributed by atoms with Gasteiger partial charge >= 0.3 is 0 Å². The molecule has 0 aliphatic heterocycles. The number of non-ortho nitro benzene ring substituents is 1. The number of aliphatic hydroxyl groups is 1. The first-order chi connectivity index (χ1) is 8.52. The summed E-state index contributed by atoms with van der Waals surface area (Å²) in [5, 5.41) is 21.6. The van der Waals surface area contributed by atoms with Crippen LogP contribution < -0.4 is 10.1 Å². The van der Waals surface area contributed by atoms with E-state index in [1.807, 2.05) is 0 Å². The number of carbonyl (C=O) groups excluding carboxylic acids is 1. The number of hydrogen-bond acceptors (Lipinski definition) is 5. The third-order valence-electron chi connectivity index (χ3n) is 2.10. The quantitative estimate of drug-likeness (QED) is 0.567. The van der Waals surface area contributed by atoms with Crippen molar-refractivity contribution in [2.24, 2.45) is 0 Å².